The van der Waals surface area contributed by atoms with Crippen LogP contribution >= 0.6 is 11.6 Å². The Balaban J connectivity index is 2.02. The van der Waals surface area contributed by atoms with Crippen molar-refractivity contribution in [1.82, 2.24) is 5.32 Å². The Kier molecular flexibility index (Phi) is 4.86. The van der Waals surface area contributed by atoms with Crippen LogP contribution < -0.4 is 5.32 Å². The highest BCUT2D eigenvalue weighted by Crippen LogP contribution is 2.25. The van der Waals surface area contributed by atoms with E-state index < -0.39 is 6.09 Å². The fourth-order valence-corrected chi connectivity index (χ4v) is 2.51. The van der Waals surface area contributed by atoms with Gasteiger partial charge >= 0.3 is 6.09 Å². The molecule has 0 unspecified atom stereocenters. The molecule has 0 aliphatic carbocycles. The number of halogens is 1. The van der Waals surface area contributed by atoms with Crippen molar-refractivity contribution in [2.24, 2.45) is 0 Å². The number of hydrogen-bond donors (Lipinski definition) is 1. The number of alkyl carbamates (subject to hydrolysis) is 1. The summed E-state index contributed by atoms with van der Waals surface area (Å²) in [7, 11) is 0. The molecule has 0 radical (unpaired) electrons. The number of ether oxygens (including phenoxy) is 1. The van der Waals surface area contributed by atoms with Crippen LogP contribution in [0, 0.1) is 0 Å². The third-order valence-corrected chi connectivity index (χ3v) is 3.50. The Labute approximate surface area is 118 Å². The van der Waals surface area contributed by atoms with Gasteiger partial charge in [0.25, 0.3) is 0 Å². The van der Waals surface area contributed by atoms with Crippen molar-refractivity contribution in [3.63, 3.8) is 0 Å². The molecule has 1 aromatic rings. The van der Waals surface area contributed by atoms with Crippen LogP contribution in [0.4, 0.5) is 4.79 Å². The third-order valence-electron chi connectivity index (χ3n) is 3.11. The lowest BCUT2D eigenvalue weighted by Crippen LogP contribution is -2.15. The molecule has 0 bridgehead atoms. The summed E-state index contributed by atoms with van der Waals surface area (Å²) >= 11 is 6.21. The predicted molar refractivity (Wildman–Crippen MR) is 76.0 cm³/mol. The molecule has 102 valence electrons. The standard InChI is InChI=1S/C15H18ClNO2/c1-2-6-12(16)14-13(19-15(18)17-14)10-9-11-7-4-3-5-8-11/h3-5,7-8,13H,2,6,9-10H2,1H3,(H,17,18)/b14-12-/t13-/m1/s1. The quantitative estimate of drug-likeness (QED) is 0.885. The van der Waals surface area contributed by atoms with E-state index in [1.165, 1.54) is 5.56 Å². The monoisotopic (exact) mass is 279 g/mol. The minimum absolute atomic E-state index is 0.244. The molecule has 1 aromatic carbocycles. The topological polar surface area (TPSA) is 38.3 Å². The molecule has 1 fully saturated rings. The van der Waals surface area contributed by atoms with Crippen molar-refractivity contribution >= 4 is 17.7 Å². The minimum Gasteiger partial charge on any atom is -0.440 e. The fraction of sp³-hybridized carbons (Fsp3) is 0.400. The van der Waals surface area contributed by atoms with Crippen LogP contribution in [0.3, 0.4) is 0 Å². The summed E-state index contributed by atoms with van der Waals surface area (Å²) in [5.41, 5.74) is 1.97. The molecule has 2 rings (SSSR count). The van der Waals surface area contributed by atoms with E-state index in [1.807, 2.05) is 18.2 Å². The number of carbonyl (C=O) groups excluding carboxylic acids is 1. The number of carbonyl (C=O) groups is 1. The fourth-order valence-electron chi connectivity index (χ4n) is 2.15. The maximum atomic E-state index is 11.4. The van der Waals surface area contributed by atoms with Crippen molar-refractivity contribution in [1.29, 1.82) is 0 Å². The Morgan fingerprint density at radius 1 is 1.37 bits per heavy atom. The average Bonchev–Trinajstić information content (AvgIpc) is 2.79. The second-order valence-electron chi connectivity index (χ2n) is 4.61. The van der Waals surface area contributed by atoms with Gasteiger partial charge in [0.05, 0.1) is 5.70 Å². The number of rotatable bonds is 5. The second kappa shape index (κ2) is 6.62. The predicted octanol–water partition coefficient (Wildman–Crippen LogP) is 3.98. The van der Waals surface area contributed by atoms with Crippen LogP contribution in [0.1, 0.15) is 31.7 Å². The molecule has 1 saturated heterocycles. The van der Waals surface area contributed by atoms with E-state index in [0.717, 1.165) is 31.4 Å². The number of aryl methyl sites for hydroxylation is 1. The molecule has 0 aromatic heterocycles. The zero-order valence-corrected chi connectivity index (χ0v) is 11.7. The largest absolute Gasteiger partial charge is 0.440 e. The molecular formula is C15H18ClNO2. The van der Waals surface area contributed by atoms with E-state index in [4.69, 9.17) is 16.3 Å². The first kappa shape index (κ1) is 13.9. The van der Waals surface area contributed by atoms with Gasteiger partial charge in [-0.25, -0.2) is 4.79 Å². The molecule has 19 heavy (non-hydrogen) atoms. The van der Waals surface area contributed by atoms with Gasteiger partial charge in [-0.15, -0.1) is 0 Å². The summed E-state index contributed by atoms with van der Waals surface area (Å²) in [5.74, 6) is 0. The highest BCUT2D eigenvalue weighted by Gasteiger charge is 2.30. The molecule has 1 N–H and O–H groups in total. The maximum absolute atomic E-state index is 11.4. The van der Waals surface area contributed by atoms with Gasteiger partial charge < -0.3 is 4.74 Å². The van der Waals surface area contributed by atoms with Crippen molar-refractivity contribution in [3.8, 4) is 0 Å². The smallest absolute Gasteiger partial charge is 0.412 e. The number of allylic oxidation sites excluding steroid dienone is 1. The van der Waals surface area contributed by atoms with E-state index in [-0.39, 0.29) is 6.10 Å². The van der Waals surface area contributed by atoms with E-state index in [1.54, 1.807) is 0 Å². The molecular weight excluding hydrogens is 262 g/mol. The van der Waals surface area contributed by atoms with Crippen molar-refractivity contribution in [3.05, 3.63) is 46.6 Å². The Morgan fingerprint density at radius 3 is 2.79 bits per heavy atom. The molecule has 1 heterocycles. The SMILES string of the molecule is CCC/C(Cl)=C1/NC(=O)O[C@@H]1CCc1ccccc1. The van der Waals surface area contributed by atoms with Gasteiger partial charge in [-0.2, -0.15) is 0 Å². The lowest BCUT2D eigenvalue weighted by Gasteiger charge is -2.11. The van der Waals surface area contributed by atoms with Gasteiger partial charge in [-0.05, 0) is 24.8 Å². The summed E-state index contributed by atoms with van der Waals surface area (Å²) in [6.07, 6.45) is 2.68. The minimum atomic E-state index is -0.401. The van der Waals surface area contributed by atoms with Gasteiger partial charge in [-0.3, -0.25) is 5.32 Å². The molecule has 4 heteroatoms. The number of cyclic esters (lactones) is 1. The van der Waals surface area contributed by atoms with E-state index in [0.29, 0.717) is 5.03 Å². The van der Waals surface area contributed by atoms with Crippen LogP contribution in [0.2, 0.25) is 0 Å². The molecule has 3 nitrogen and oxygen atoms in total. The summed E-state index contributed by atoms with van der Waals surface area (Å²) in [6, 6.07) is 10.1. The van der Waals surface area contributed by atoms with Gasteiger partial charge in [0, 0.05) is 5.03 Å². The summed E-state index contributed by atoms with van der Waals surface area (Å²) in [4.78, 5) is 11.4. The van der Waals surface area contributed by atoms with E-state index >= 15 is 0 Å². The highest BCUT2D eigenvalue weighted by molar-refractivity contribution is 6.30. The van der Waals surface area contributed by atoms with Gasteiger partial charge in [0.1, 0.15) is 6.10 Å². The zero-order valence-electron chi connectivity index (χ0n) is 11.0. The molecule has 1 aliphatic rings. The first-order valence-electron chi connectivity index (χ1n) is 6.60. The first-order chi connectivity index (χ1) is 9.20. The number of hydrogen-bond acceptors (Lipinski definition) is 2. The average molecular weight is 280 g/mol. The van der Waals surface area contributed by atoms with Crippen LogP contribution in [0.25, 0.3) is 0 Å². The number of nitrogens with one attached hydrogen (secondary N) is 1. The Bertz CT molecular complexity index is 470. The van der Waals surface area contributed by atoms with Crippen LogP contribution in [-0.4, -0.2) is 12.2 Å². The highest BCUT2D eigenvalue weighted by atomic mass is 35.5. The molecule has 1 amide bonds. The third kappa shape index (κ3) is 3.74. The summed E-state index contributed by atoms with van der Waals surface area (Å²) < 4.78 is 5.27. The van der Waals surface area contributed by atoms with Crippen molar-refractivity contribution in [2.45, 2.75) is 38.7 Å². The van der Waals surface area contributed by atoms with Gasteiger partial charge in [0.2, 0.25) is 0 Å². The van der Waals surface area contributed by atoms with Crippen molar-refractivity contribution in [2.75, 3.05) is 0 Å². The van der Waals surface area contributed by atoms with Gasteiger partial charge in [0.15, 0.2) is 0 Å². The van der Waals surface area contributed by atoms with Crippen molar-refractivity contribution < 1.29 is 9.53 Å². The van der Waals surface area contributed by atoms with E-state index in [9.17, 15) is 4.79 Å². The first-order valence-corrected chi connectivity index (χ1v) is 6.98. The summed E-state index contributed by atoms with van der Waals surface area (Å²) in [6.45, 7) is 2.06. The maximum Gasteiger partial charge on any atom is 0.412 e. The zero-order chi connectivity index (χ0) is 13.7. The normalized spacial score (nSPS) is 20.9. The molecule has 1 aliphatic heterocycles. The number of benzene rings is 1. The Morgan fingerprint density at radius 2 is 2.11 bits per heavy atom. The lowest BCUT2D eigenvalue weighted by atomic mass is 10.0. The number of amides is 1. The van der Waals surface area contributed by atoms with Crippen LogP contribution in [0.15, 0.2) is 41.1 Å². The second-order valence-corrected chi connectivity index (χ2v) is 5.07. The Hall–Kier alpha value is -1.48. The lowest BCUT2D eigenvalue weighted by molar-refractivity contribution is 0.141. The van der Waals surface area contributed by atoms with Crippen LogP contribution in [-0.2, 0) is 11.2 Å². The molecule has 1 atom stereocenters. The molecule has 0 spiro atoms. The van der Waals surface area contributed by atoms with Crippen LogP contribution in [0.5, 0.6) is 0 Å². The van der Waals surface area contributed by atoms with E-state index in [2.05, 4.69) is 24.4 Å². The van der Waals surface area contributed by atoms with Gasteiger partial charge in [-0.1, -0.05) is 55.3 Å². The summed E-state index contributed by atoms with van der Waals surface area (Å²) in [5, 5.41) is 3.41. The molecule has 0 saturated carbocycles.